The number of hydrogen-bond acceptors (Lipinski definition) is 4. The molecule has 2 heterocycles. The van der Waals surface area contributed by atoms with Crippen LogP contribution in [0.1, 0.15) is 49.2 Å². The maximum Gasteiger partial charge on any atom is 0.334 e. The number of carbonyl (C=O) groups excluding carboxylic acids is 3. The van der Waals surface area contributed by atoms with Crippen LogP contribution in [0.3, 0.4) is 0 Å². The van der Waals surface area contributed by atoms with Crippen molar-refractivity contribution in [1.82, 2.24) is 14.8 Å². The maximum absolute atomic E-state index is 13.3. The highest BCUT2D eigenvalue weighted by molar-refractivity contribution is 6.08. The summed E-state index contributed by atoms with van der Waals surface area (Å²) in [6.07, 6.45) is 2.32. The topological polar surface area (TPSA) is 80.6 Å². The van der Waals surface area contributed by atoms with Gasteiger partial charge in [0.05, 0.1) is 0 Å². The Hall–Kier alpha value is -3.61. The summed E-state index contributed by atoms with van der Waals surface area (Å²) < 4.78 is 7.57. The first-order valence-electron chi connectivity index (χ1n) is 11.1. The van der Waals surface area contributed by atoms with E-state index in [1.54, 1.807) is 26.8 Å². The first-order valence-corrected chi connectivity index (χ1v) is 11.1. The van der Waals surface area contributed by atoms with Crippen LogP contribution in [-0.2, 0) is 21.4 Å². The van der Waals surface area contributed by atoms with Gasteiger partial charge in [-0.1, -0.05) is 36.4 Å². The minimum atomic E-state index is -0.864. The van der Waals surface area contributed by atoms with Crippen LogP contribution in [0.4, 0.5) is 0 Å². The molecule has 4 rings (SSSR count). The van der Waals surface area contributed by atoms with Crippen molar-refractivity contribution in [3.05, 3.63) is 71.9 Å². The van der Waals surface area contributed by atoms with E-state index in [-0.39, 0.29) is 11.8 Å². The molecule has 0 radical (unpaired) electrons. The van der Waals surface area contributed by atoms with Crippen molar-refractivity contribution in [3.8, 4) is 0 Å². The van der Waals surface area contributed by atoms with Gasteiger partial charge in [0.1, 0.15) is 11.6 Å². The molecule has 0 unspecified atom stereocenters. The van der Waals surface area contributed by atoms with E-state index in [4.69, 9.17) is 4.74 Å². The Morgan fingerprint density at radius 3 is 2.48 bits per heavy atom. The van der Waals surface area contributed by atoms with Gasteiger partial charge in [-0.2, -0.15) is 0 Å². The highest BCUT2D eigenvalue weighted by atomic mass is 16.6. The maximum atomic E-state index is 13.3. The summed E-state index contributed by atoms with van der Waals surface area (Å²) in [6, 6.07) is 15.0. The van der Waals surface area contributed by atoms with Crippen LogP contribution >= 0.6 is 0 Å². The monoisotopic (exact) mass is 447 g/mol. The van der Waals surface area contributed by atoms with E-state index in [0.29, 0.717) is 24.1 Å². The number of carbonyl (C=O) groups is 3. The van der Waals surface area contributed by atoms with E-state index in [1.165, 1.54) is 4.90 Å². The fourth-order valence-electron chi connectivity index (χ4n) is 4.26. The Kier molecular flexibility index (Phi) is 5.97. The molecular formula is C26H29N3O4. The van der Waals surface area contributed by atoms with Crippen LogP contribution in [0.25, 0.3) is 10.9 Å². The zero-order valence-corrected chi connectivity index (χ0v) is 19.4. The van der Waals surface area contributed by atoms with Gasteiger partial charge >= 0.3 is 5.97 Å². The lowest BCUT2D eigenvalue weighted by atomic mass is 10.0. The van der Waals surface area contributed by atoms with Crippen LogP contribution in [-0.4, -0.2) is 45.4 Å². The predicted octanol–water partition coefficient (Wildman–Crippen LogP) is 3.59. The Bertz CT molecular complexity index is 1190. The average Bonchev–Trinajstić information content (AvgIpc) is 3.31. The van der Waals surface area contributed by atoms with Gasteiger partial charge in [0.2, 0.25) is 5.91 Å². The molecule has 1 aliphatic heterocycles. The highest BCUT2D eigenvalue weighted by Gasteiger charge is 2.42. The Balaban J connectivity index is 1.56. The molecule has 0 spiro atoms. The first kappa shape index (κ1) is 22.6. The van der Waals surface area contributed by atoms with Gasteiger partial charge in [0.25, 0.3) is 5.91 Å². The quantitative estimate of drug-likeness (QED) is 0.606. The van der Waals surface area contributed by atoms with Gasteiger partial charge in [0.15, 0.2) is 6.04 Å². The van der Waals surface area contributed by atoms with Crippen LogP contribution in [0.5, 0.6) is 0 Å². The smallest absolute Gasteiger partial charge is 0.334 e. The number of hydrogen-bond donors (Lipinski definition) is 1. The van der Waals surface area contributed by atoms with Gasteiger partial charge < -0.3 is 19.5 Å². The van der Waals surface area contributed by atoms with Gasteiger partial charge in [-0.25, -0.2) is 4.79 Å². The number of esters is 1. The molecule has 1 fully saturated rings. The van der Waals surface area contributed by atoms with E-state index in [1.807, 2.05) is 66.3 Å². The van der Waals surface area contributed by atoms with E-state index in [9.17, 15) is 14.4 Å². The number of nitrogens with zero attached hydrogens (tertiary/aromatic N) is 2. The lowest BCUT2D eigenvalue weighted by Crippen LogP contribution is -2.45. The zero-order valence-electron chi connectivity index (χ0n) is 19.4. The molecule has 2 atom stereocenters. The lowest BCUT2D eigenvalue weighted by molar-refractivity contribution is -0.164. The second-order valence-corrected chi connectivity index (χ2v) is 9.36. The molecule has 2 amide bonds. The summed E-state index contributed by atoms with van der Waals surface area (Å²) in [7, 11) is 1.92. The summed E-state index contributed by atoms with van der Waals surface area (Å²) in [5.41, 5.74) is 1.46. The normalized spacial score (nSPS) is 17.3. The molecular weight excluding hydrogens is 418 g/mol. The van der Waals surface area contributed by atoms with Crippen LogP contribution in [0, 0.1) is 0 Å². The van der Waals surface area contributed by atoms with Crippen molar-refractivity contribution in [3.63, 3.8) is 0 Å². The molecule has 0 saturated carbocycles. The lowest BCUT2D eigenvalue weighted by Gasteiger charge is -2.30. The van der Waals surface area contributed by atoms with Gasteiger partial charge in [0, 0.05) is 36.3 Å². The van der Waals surface area contributed by atoms with E-state index in [0.717, 1.165) is 10.9 Å². The molecule has 1 N–H and O–H groups in total. The summed E-state index contributed by atoms with van der Waals surface area (Å²) in [4.78, 5) is 41.0. The third-order valence-electron chi connectivity index (χ3n) is 5.77. The molecule has 0 aliphatic carbocycles. The fraction of sp³-hybridized carbons (Fsp3) is 0.346. The second kappa shape index (κ2) is 8.73. The number of ether oxygens (including phenoxy) is 1. The van der Waals surface area contributed by atoms with Crippen molar-refractivity contribution in [2.75, 3.05) is 6.54 Å². The molecule has 1 aromatic heterocycles. The van der Waals surface area contributed by atoms with Crippen molar-refractivity contribution in [2.45, 2.75) is 44.9 Å². The first-order chi connectivity index (χ1) is 15.7. The van der Waals surface area contributed by atoms with Crippen molar-refractivity contribution >= 4 is 28.7 Å². The number of amides is 2. The molecule has 1 saturated heterocycles. The third-order valence-corrected chi connectivity index (χ3v) is 5.77. The van der Waals surface area contributed by atoms with E-state index in [2.05, 4.69) is 5.32 Å². The van der Waals surface area contributed by atoms with Crippen molar-refractivity contribution in [1.29, 1.82) is 0 Å². The third kappa shape index (κ3) is 4.62. The SMILES string of the molecule is Cn1ccc2c(C(=O)N[C@@H]3CCN([C@@H](C(=O)OC(C)(C)C)c4ccccc4)C3=O)cccc21. The van der Waals surface area contributed by atoms with E-state index < -0.39 is 23.7 Å². The Morgan fingerprint density at radius 2 is 1.79 bits per heavy atom. The highest BCUT2D eigenvalue weighted by Crippen LogP contribution is 2.29. The number of likely N-dealkylation sites (tertiary alicyclic amines) is 1. The molecule has 1 aliphatic rings. The van der Waals surface area contributed by atoms with Gasteiger partial charge in [-0.3, -0.25) is 9.59 Å². The van der Waals surface area contributed by atoms with Crippen molar-refractivity contribution in [2.24, 2.45) is 7.05 Å². The van der Waals surface area contributed by atoms with Crippen molar-refractivity contribution < 1.29 is 19.1 Å². The number of aromatic nitrogens is 1. The standard InChI is InChI=1S/C26H29N3O4/c1-26(2,3)33-25(32)22(17-9-6-5-7-10-17)29-16-14-20(24(29)31)27-23(30)19-11-8-12-21-18(19)13-15-28(21)4/h5-13,15,20,22H,14,16H2,1-4H3,(H,27,30)/t20-,22-/m1/s1. The molecule has 0 bridgehead atoms. The van der Waals surface area contributed by atoms with Crippen LogP contribution < -0.4 is 5.32 Å². The average molecular weight is 448 g/mol. The number of aryl methyl sites for hydroxylation is 1. The molecule has 3 aromatic rings. The van der Waals surface area contributed by atoms with Crippen LogP contribution in [0.2, 0.25) is 0 Å². The minimum Gasteiger partial charge on any atom is -0.458 e. The summed E-state index contributed by atoms with van der Waals surface area (Å²) in [6.45, 7) is 5.74. The van der Waals surface area contributed by atoms with Gasteiger partial charge in [-0.15, -0.1) is 0 Å². The molecule has 7 nitrogen and oxygen atoms in total. The Labute approximate surface area is 193 Å². The molecule has 33 heavy (non-hydrogen) atoms. The number of rotatable bonds is 5. The zero-order chi connectivity index (χ0) is 23.8. The predicted molar refractivity (Wildman–Crippen MR) is 126 cm³/mol. The molecule has 2 aromatic carbocycles. The largest absolute Gasteiger partial charge is 0.458 e. The van der Waals surface area contributed by atoms with E-state index >= 15 is 0 Å². The van der Waals surface area contributed by atoms with Gasteiger partial charge in [-0.05, 0) is 51.0 Å². The number of nitrogens with one attached hydrogen (secondary N) is 1. The summed E-state index contributed by atoms with van der Waals surface area (Å²) in [5, 5.41) is 3.71. The molecule has 172 valence electrons. The summed E-state index contributed by atoms with van der Waals surface area (Å²) >= 11 is 0. The second-order valence-electron chi connectivity index (χ2n) is 9.36. The Morgan fingerprint density at radius 1 is 1.06 bits per heavy atom. The number of benzene rings is 2. The van der Waals surface area contributed by atoms with Crippen LogP contribution in [0.15, 0.2) is 60.8 Å². The molecule has 7 heteroatoms. The minimum absolute atomic E-state index is 0.289. The number of fused-ring (bicyclic) bond motifs is 1. The summed E-state index contributed by atoms with van der Waals surface area (Å²) in [5.74, 6) is -1.08. The fourth-order valence-corrected chi connectivity index (χ4v) is 4.26.